The fourth-order valence-electron chi connectivity index (χ4n) is 1.72. The van der Waals surface area contributed by atoms with Crippen LogP contribution in [0.4, 0.5) is 0 Å². The van der Waals surface area contributed by atoms with Gasteiger partial charge < -0.3 is 4.90 Å². The van der Waals surface area contributed by atoms with E-state index in [1.165, 1.54) is 5.56 Å². The standard InChI is InChI=1S/C14H20ClNO/c1-11(2)8-12-4-6-13(7-5-12)10-16(3)14(17)9-15/h4-7,11H,8-10H2,1-3H3. The molecule has 3 heteroatoms. The van der Waals surface area contributed by atoms with Crippen LogP contribution in [0, 0.1) is 5.92 Å². The summed E-state index contributed by atoms with van der Waals surface area (Å²) in [5.41, 5.74) is 2.48. The third-order valence-corrected chi connectivity index (χ3v) is 2.86. The van der Waals surface area contributed by atoms with Gasteiger partial charge in [-0.2, -0.15) is 0 Å². The van der Waals surface area contributed by atoms with Crippen molar-refractivity contribution in [1.82, 2.24) is 4.90 Å². The van der Waals surface area contributed by atoms with Gasteiger partial charge in [-0.05, 0) is 23.5 Å². The van der Waals surface area contributed by atoms with Crippen molar-refractivity contribution in [3.63, 3.8) is 0 Å². The van der Waals surface area contributed by atoms with Gasteiger partial charge in [0.25, 0.3) is 0 Å². The zero-order valence-electron chi connectivity index (χ0n) is 10.7. The SMILES string of the molecule is CC(C)Cc1ccc(CN(C)C(=O)CCl)cc1. The predicted molar refractivity (Wildman–Crippen MR) is 72.2 cm³/mol. The molecule has 0 unspecified atom stereocenters. The van der Waals surface area contributed by atoms with Crippen molar-refractivity contribution in [3.05, 3.63) is 35.4 Å². The molecule has 0 aliphatic carbocycles. The summed E-state index contributed by atoms with van der Waals surface area (Å²) in [5.74, 6) is 0.668. The monoisotopic (exact) mass is 253 g/mol. The van der Waals surface area contributed by atoms with Gasteiger partial charge in [-0.15, -0.1) is 11.6 Å². The normalized spacial score (nSPS) is 10.6. The second-order valence-electron chi connectivity index (χ2n) is 4.80. The van der Waals surface area contributed by atoms with Gasteiger partial charge in [0.15, 0.2) is 0 Å². The average molecular weight is 254 g/mol. The van der Waals surface area contributed by atoms with Crippen LogP contribution in [0.2, 0.25) is 0 Å². The molecule has 0 fully saturated rings. The van der Waals surface area contributed by atoms with Crippen LogP contribution in [-0.4, -0.2) is 23.7 Å². The Morgan fingerprint density at radius 2 is 1.76 bits per heavy atom. The molecular weight excluding hydrogens is 234 g/mol. The molecule has 1 aromatic rings. The molecule has 1 aromatic carbocycles. The highest BCUT2D eigenvalue weighted by Crippen LogP contribution is 2.11. The fourth-order valence-corrected chi connectivity index (χ4v) is 1.92. The minimum atomic E-state index is -0.0436. The van der Waals surface area contributed by atoms with Crippen LogP contribution < -0.4 is 0 Å². The molecule has 0 radical (unpaired) electrons. The Balaban J connectivity index is 2.59. The summed E-state index contributed by atoms with van der Waals surface area (Å²) in [6.45, 7) is 5.04. The third kappa shape index (κ3) is 4.78. The van der Waals surface area contributed by atoms with E-state index in [1.807, 2.05) is 0 Å². The Hall–Kier alpha value is -1.02. The number of benzene rings is 1. The van der Waals surface area contributed by atoms with Crippen molar-refractivity contribution in [2.24, 2.45) is 5.92 Å². The van der Waals surface area contributed by atoms with Crippen molar-refractivity contribution in [1.29, 1.82) is 0 Å². The predicted octanol–water partition coefficient (Wildman–Crippen LogP) is 3.08. The van der Waals surface area contributed by atoms with Crippen LogP contribution in [0.25, 0.3) is 0 Å². The topological polar surface area (TPSA) is 20.3 Å². The van der Waals surface area contributed by atoms with Gasteiger partial charge >= 0.3 is 0 Å². The van der Waals surface area contributed by atoms with Gasteiger partial charge in [-0.3, -0.25) is 4.79 Å². The van der Waals surface area contributed by atoms with E-state index in [0.29, 0.717) is 12.5 Å². The summed E-state index contributed by atoms with van der Waals surface area (Å²) in [7, 11) is 1.77. The number of hydrogen-bond donors (Lipinski definition) is 0. The highest BCUT2D eigenvalue weighted by Gasteiger charge is 2.07. The van der Waals surface area contributed by atoms with E-state index < -0.39 is 0 Å². The summed E-state index contributed by atoms with van der Waals surface area (Å²) in [4.78, 5) is 13.0. The molecule has 0 N–H and O–H groups in total. The number of halogens is 1. The van der Waals surface area contributed by atoms with Gasteiger partial charge in [-0.1, -0.05) is 38.1 Å². The Kier molecular flexibility index (Phi) is 5.49. The molecule has 0 atom stereocenters. The Labute approximate surface area is 109 Å². The van der Waals surface area contributed by atoms with Gasteiger partial charge in [0.2, 0.25) is 5.91 Å². The highest BCUT2D eigenvalue weighted by atomic mass is 35.5. The van der Waals surface area contributed by atoms with Crippen LogP contribution in [0.3, 0.4) is 0 Å². The molecule has 94 valence electrons. The summed E-state index contributed by atoms with van der Waals surface area (Å²) < 4.78 is 0. The number of carbonyl (C=O) groups excluding carboxylic acids is 1. The molecule has 2 nitrogen and oxygen atoms in total. The van der Waals surface area contributed by atoms with Crippen molar-refractivity contribution >= 4 is 17.5 Å². The highest BCUT2D eigenvalue weighted by molar-refractivity contribution is 6.27. The Morgan fingerprint density at radius 3 is 2.24 bits per heavy atom. The second kappa shape index (κ2) is 6.65. The molecule has 0 saturated heterocycles. The van der Waals surface area contributed by atoms with Crippen molar-refractivity contribution in [3.8, 4) is 0 Å². The number of carbonyl (C=O) groups is 1. The lowest BCUT2D eigenvalue weighted by Crippen LogP contribution is -2.27. The molecule has 0 bridgehead atoms. The Morgan fingerprint density at radius 1 is 1.24 bits per heavy atom. The molecule has 0 aliphatic heterocycles. The summed E-state index contributed by atoms with van der Waals surface area (Å²) in [6.07, 6.45) is 1.09. The fraction of sp³-hybridized carbons (Fsp3) is 0.500. The largest absolute Gasteiger partial charge is 0.340 e. The van der Waals surface area contributed by atoms with Gasteiger partial charge in [0.05, 0.1) is 0 Å². The summed E-state index contributed by atoms with van der Waals surface area (Å²) >= 11 is 5.50. The number of amides is 1. The first-order valence-electron chi connectivity index (χ1n) is 5.90. The molecule has 0 aromatic heterocycles. The molecule has 0 heterocycles. The van der Waals surface area contributed by atoms with Crippen molar-refractivity contribution in [2.45, 2.75) is 26.8 Å². The van der Waals surface area contributed by atoms with Crippen LogP contribution in [0.15, 0.2) is 24.3 Å². The van der Waals surface area contributed by atoms with Crippen LogP contribution in [0.5, 0.6) is 0 Å². The molecule has 17 heavy (non-hydrogen) atoms. The summed E-state index contributed by atoms with van der Waals surface area (Å²) in [5, 5.41) is 0. The maximum absolute atomic E-state index is 11.3. The van der Waals surface area contributed by atoms with E-state index in [4.69, 9.17) is 11.6 Å². The third-order valence-electron chi connectivity index (χ3n) is 2.63. The van der Waals surface area contributed by atoms with E-state index >= 15 is 0 Å². The smallest absolute Gasteiger partial charge is 0.237 e. The lowest BCUT2D eigenvalue weighted by atomic mass is 10.0. The minimum absolute atomic E-state index is 0.0436. The zero-order valence-corrected chi connectivity index (χ0v) is 11.5. The van der Waals surface area contributed by atoms with Crippen molar-refractivity contribution in [2.75, 3.05) is 12.9 Å². The maximum Gasteiger partial charge on any atom is 0.237 e. The van der Waals surface area contributed by atoms with E-state index in [-0.39, 0.29) is 11.8 Å². The quantitative estimate of drug-likeness (QED) is 0.739. The first kappa shape index (κ1) is 14.0. The van der Waals surface area contributed by atoms with E-state index in [1.54, 1.807) is 11.9 Å². The van der Waals surface area contributed by atoms with E-state index in [0.717, 1.165) is 12.0 Å². The van der Waals surface area contributed by atoms with Gasteiger partial charge in [-0.25, -0.2) is 0 Å². The lowest BCUT2D eigenvalue weighted by molar-refractivity contribution is -0.127. The molecular formula is C14H20ClNO. The first-order chi connectivity index (χ1) is 8.02. The number of nitrogens with zero attached hydrogens (tertiary/aromatic N) is 1. The lowest BCUT2D eigenvalue weighted by Gasteiger charge is -2.16. The average Bonchev–Trinajstić information content (AvgIpc) is 2.30. The second-order valence-corrected chi connectivity index (χ2v) is 5.07. The maximum atomic E-state index is 11.3. The Bertz CT molecular complexity index is 359. The molecule has 1 rings (SSSR count). The van der Waals surface area contributed by atoms with Crippen LogP contribution in [-0.2, 0) is 17.8 Å². The first-order valence-corrected chi connectivity index (χ1v) is 6.44. The van der Waals surface area contributed by atoms with Crippen LogP contribution >= 0.6 is 11.6 Å². The number of hydrogen-bond acceptors (Lipinski definition) is 1. The molecule has 0 aliphatic rings. The van der Waals surface area contributed by atoms with Gasteiger partial charge in [0, 0.05) is 13.6 Å². The van der Waals surface area contributed by atoms with Crippen LogP contribution in [0.1, 0.15) is 25.0 Å². The number of rotatable bonds is 5. The molecule has 0 spiro atoms. The van der Waals surface area contributed by atoms with E-state index in [2.05, 4.69) is 38.1 Å². The minimum Gasteiger partial charge on any atom is -0.340 e. The zero-order chi connectivity index (χ0) is 12.8. The van der Waals surface area contributed by atoms with E-state index in [9.17, 15) is 4.79 Å². The van der Waals surface area contributed by atoms with Crippen molar-refractivity contribution < 1.29 is 4.79 Å². The summed E-state index contributed by atoms with van der Waals surface area (Å²) in [6, 6.07) is 8.42. The van der Waals surface area contributed by atoms with Gasteiger partial charge in [0.1, 0.15) is 5.88 Å². The molecule has 0 saturated carbocycles. The number of alkyl halides is 1. The molecule has 1 amide bonds.